The maximum absolute atomic E-state index is 10.7. The zero-order valence-corrected chi connectivity index (χ0v) is 5.62. The molecule has 1 heterocycles. The van der Waals surface area contributed by atoms with E-state index in [4.69, 9.17) is 9.84 Å². The smallest absolute Gasteiger partial charge is 0.306 e. The Hall–Kier alpha value is -0.570. The number of rotatable bonds is 0. The van der Waals surface area contributed by atoms with Crippen molar-refractivity contribution in [3.63, 3.8) is 0 Å². The average Bonchev–Trinajstić information content (AvgIpc) is 2.21. The molecule has 3 nitrogen and oxygen atoms in total. The van der Waals surface area contributed by atoms with E-state index in [-0.39, 0.29) is 18.2 Å². The predicted molar refractivity (Wildman–Crippen MR) is 33.2 cm³/mol. The van der Waals surface area contributed by atoms with Gasteiger partial charge in [-0.3, -0.25) is 4.79 Å². The summed E-state index contributed by atoms with van der Waals surface area (Å²) in [6, 6.07) is 0. The van der Waals surface area contributed by atoms with Crippen molar-refractivity contribution >= 4 is 5.97 Å². The summed E-state index contributed by atoms with van der Waals surface area (Å²) < 4.78 is 4.96. The summed E-state index contributed by atoms with van der Waals surface area (Å²) in [5.41, 5.74) is 0. The van der Waals surface area contributed by atoms with Crippen LogP contribution in [-0.4, -0.2) is 23.3 Å². The van der Waals surface area contributed by atoms with Crippen LogP contribution in [0.3, 0.4) is 0 Å². The van der Waals surface area contributed by atoms with Crippen molar-refractivity contribution in [2.75, 3.05) is 0 Å². The van der Waals surface area contributed by atoms with Crippen molar-refractivity contribution in [1.82, 2.24) is 0 Å². The van der Waals surface area contributed by atoms with Crippen molar-refractivity contribution < 1.29 is 14.6 Å². The van der Waals surface area contributed by atoms with E-state index in [1.54, 1.807) is 0 Å². The Bertz CT molecular complexity index is 150. The Kier molecular flexibility index (Phi) is 1.20. The minimum absolute atomic E-state index is 0.0301. The molecule has 3 atom stereocenters. The normalized spacial score (nSPS) is 45.3. The lowest BCUT2D eigenvalue weighted by molar-refractivity contribution is -0.141. The largest absolute Gasteiger partial charge is 0.462 e. The van der Waals surface area contributed by atoms with Gasteiger partial charge in [-0.1, -0.05) is 0 Å². The van der Waals surface area contributed by atoms with Crippen LogP contribution in [-0.2, 0) is 9.53 Å². The summed E-state index contributed by atoms with van der Waals surface area (Å²) in [7, 11) is 0. The molecule has 0 spiro atoms. The van der Waals surface area contributed by atoms with Crippen LogP contribution in [0.5, 0.6) is 0 Å². The summed E-state index contributed by atoms with van der Waals surface area (Å²) in [4.78, 5) is 10.7. The molecule has 1 N–H and O–H groups in total. The van der Waals surface area contributed by atoms with E-state index in [0.29, 0.717) is 18.8 Å². The summed E-state index contributed by atoms with van der Waals surface area (Å²) in [6.07, 6.45) is 1.71. The number of aliphatic hydroxyl groups excluding tert-OH is 1. The molecule has 3 heteroatoms. The van der Waals surface area contributed by atoms with Crippen molar-refractivity contribution in [2.45, 2.75) is 31.5 Å². The Balaban J connectivity index is 2.06. The molecule has 1 aliphatic heterocycles. The topological polar surface area (TPSA) is 46.5 Å². The fourth-order valence-corrected chi connectivity index (χ4v) is 1.85. The van der Waals surface area contributed by atoms with Crippen LogP contribution in [0.2, 0.25) is 0 Å². The first-order valence-corrected chi connectivity index (χ1v) is 3.63. The van der Waals surface area contributed by atoms with Crippen LogP contribution in [0.25, 0.3) is 0 Å². The molecule has 0 aromatic carbocycles. The molecule has 0 radical (unpaired) electrons. The van der Waals surface area contributed by atoms with Crippen LogP contribution in [0, 0.1) is 5.92 Å². The second kappa shape index (κ2) is 1.95. The number of hydrogen-bond donors (Lipinski definition) is 1. The Morgan fingerprint density at radius 2 is 2.30 bits per heavy atom. The first-order valence-electron chi connectivity index (χ1n) is 3.63. The molecule has 2 rings (SSSR count). The monoisotopic (exact) mass is 142 g/mol. The average molecular weight is 142 g/mol. The molecule has 56 valence electrons. The summed E-state index contributed by atoms with van der Waals surface area (Å²) in [5.74, 6) is 0.212. The summed E-state index contributed by atoms with van der Waals surface area (Å²) in [6.45, 7) is 0. The number of fused-ring (bicyclic) bond motifs is 1. The fourth-order valence-electron chi connectivity index (χ4n) is 1.85. The maximum atomic E-state index is 10.7. The highest BCUT2D eigenvalue weighted by Crippen LogP contribution is 2.36. The van der Waals surface area contributed by atoms with E-state index in [1.807, 2.05) is 0 Å². The Morgan fingerprint density at radius 1 is 1.50 bits per heavy atom. The van der Waals surface area contributed by atoms with Crippen LogP contribution in [0.15, 0.2) is 0 Å². The minimum Gasteiger partial charge on any atom is -0.462 e. The third kappa shape index (κ3) is 0.814. The van der Waals surface area contributed by atoms with Crippen LogP contribution >= 0.6 is 0 Å². The Morgan fingerprint density at radius 3 is 3.00 bits per heavy atom. The van der Waals surface area contributed by atoms with Gasteiger partial charge in [-0.05, 0) is 6.42 Å². The first kappa shape index (κ1) is 6.16. The minimum atomic E-state index is -0.233. The highest BCUT2D eigenvalue weighted by molar-refractivity contribution is 5.72. The number of carbonyl (C=O) groups is 1. The summed E-state index contributed by atoms with van der Waals surface area (Å²) in [5, 5.41) is 9.13. The predicted octanol–water partition coefficient (Wildman–Crippen LogP) is 0.0728. The van der Waals surface area contributed by atoms with Gasteiger partial charge >= 0.3 is 5.97 Å². The fraction of sp³-hybridized carbons (Fsp3) is 0.857. The van der Waals surface area contributed by atoms with Gasteiger partial charge in [0.1, 0.15) is 6.10 Å². The zero-order chi connectivity index (χ0) is 7.14. The third-order valence-electron chi connectivity index (χ3n) is 2.32. The van der Waals surface area contributed by atoms with Crippen molar-refractivity contribution in [1.29, 1.82) is 0 Å². The molecule has 2 aliphatic rings. The molecule has 1 saturated heterocycles. The molecule has 1 saturated carbocycles. The van der Waals surface area contributed by atoms with Gasteiger partial charge in [0.15, 0.2) is 0 Å². The number of ether oxygens (including phenoxy) is 1. The van der Waals surface area contributed by atoms with E-state index in [1.165, 1.54) is 0 Å². The number of hydrogen-bond acceptors (Lipinski definition) is 3. The quantitative estimate of drug-likeness (QED) is 0.487. The number of esters is 1. The molecule has 0 bridgehead atoms. The highest BCUT2D eigenvalue weighted by Gasteiger charge is 2.42. The second-order valence-corrected chi connectivity index (χ2v) is 3.12. The van der Waals surface area contributed by atoms with E-state index in [9.17, 15) is 4.79 Å². The van der Waals surface area contributed by atoms with Gasteiger partial charge < -0.3 is 9.84 Å². The van der Waals surface area contributed by atoms with Gasteiger partial charge in [-0.15, -0.1) is 0 Å². The van der Waals surface area contributed by atoms with E-state index < -0.39 is 0 Å². The van der Waals surface area contributed by atoms with Gasteiger partial charge in [0.05, 0.1) is 12.5 Å². The Labute approximate surface area is 59.0 Å². The maximum Gasteiger partial charge on any atom is 0.306 e. The van der Waals surface area contributed by atoms with Gasteiger partial charge in [0, 0.05) is 12.3 Å². The van der Waals surface area contributed by atoms with E-state index in [2.05, 4.69) is 0 Å². The first-order chi connectivity index (χ1) is 4.75. The van der Waals surface area contributed by atoms with Gasteiger partial charge in [0.2, 0.25) is 0 Å². The second-order valence-electron chi connectivity index (χ2n) is 3.12. The number of carbonyl (C=O) groups excluding carboxylic acids is 1. The standard InChI is InChI=1S/C7H10O3/c8-5-1-4-2-7(9)10-6(4)3-5/h4-6,8H,1-3H2/t4-,5-,6+/m0/s1. The third-order valence-corrected chi connectivity index (χ3v) is 2.32. The van der Waals surface area contributed by atoms with Crippen LogP contribution in [0.4, 0.5) is 0 Å². The lowest BCUT2D eigenvalue weighted by Crippen LogP contribution is -2.09. The number of aliphatic hydroxyl groups is 1. The molecular formula is C7H10O3. The van der Waals surface area contributed by atoms with Crippen molar-refractivity contribution in [3.05, 3.63) is 0 Å². The summed E-state index contributed by atoms with van der Waals surface area (Å²) >= 11 is 0. The molecule has 1 aliphatic carbocycles. The van der Waals surface area contributed by atoms with Gasteiger partial charge in [0.25, 0.3) is 0 Å². The molecule has 0 aromatic heterocycles. The van der Waals surface area contributed by atoms with Crippen molar-refractivity contribution in [2.24, 2.45) is 5.92 Å². The van der Waals surface area contributed by atoms with Crippen molar-refractivity contribution in [3.8, 4) is 0 Å². The zero-order valence-electron chi connectivity index (χ0n) is 5.62. The van der Waals surface area contributed by atoms with Crippen LogP contribution < -0.4 is 0 Å². The SMILES string of the molecule is O=C1C[C@@H]2C[C@H](O)C[C@H]2O1. The molecular weight excluding hydrogens is 132 g/mol. The molecule has 10 heavy (non-hydrogen) atoms. The molecule has 2 fully saturated rings. The molecule has 0 aromatic rings. The molecule has 0 amide bonds. The van der Waals surface area contributed by atoms with Crippen LogP contribution in [0.1, 0.15) is 19.3 Å². The lowest BCUT2D eigenvalue weighted by atomic mass is 10.1. The highest BCUT2D eigenvalue weighted by atomic mass is 16.6. The lowest BCUT2D eigenvalue weighted by Gasteiger charge is -2.03. The van der Waals surface area contributed by atoms with E-state index in [0.717, 1.165) is 6.42 Å². The molecule has 0 unspecified atom stereocenters. The van der Waals surface area contributed by atoms with Gasteiger partial charge in [-0.25, -0.2) is 0 Å². The van der Waals surface area contributed by atoms with Gasteiger partial charge in [-0.2, -0.15) is 0 Å². The van der Waals surface area contributed by atoms with E-state index >= 15 is 0 Å².